The summed E-state index contributed by atoms with van der Waals surface area (Å²) >= 11 is 0. The molecule has 1 aromatic carbocycles. The zero-order valence-corrected chi connectivity index (χ0v) is 8.97. The van der Waals surface area contributed by atoms with Crippen LogP contribution in [0.15, 0.2) is 18.2 Å². The SMILES string of the molecule is [O-]Nc1ccc(F)cc1OC1C[C@@H](O)[C@H](O)C1. The van der Waals surface area contributed by atoms with Gasteiger partial charge in [-0.2, -0.15) is 0 Å². The lowest BCUT2D eigenvalue weighted by atomic mass is 10.2. The van der Waals surface area contributed by atoms with Gasteiger partial charge in [0.05, 0.1) is 17.9 Å². The van der Waals surface area contributed by atoms with E-state index in [1.807, 2.05) is 0 Å². The molecule has 1 aliphatic carbocycles. The van der Waals surface area contributed by atoms with Crippen molar-refractivity contribution in [2.75, 3.05) is 5.48 Å². The van der Waals surface area contributed by atoms with Crippen molar-refractivity contribution in [3.8, 4) is 5.75 Å². The number of hydrogen-bond donors (Lipinski definition) is 3. The van der Waals surface area contributed by atoms with Crippen LogP contribution in [0.4, 0.5) is 10.1 Å². The van der Waals surface area contributed by atoms with Crippen LogP contribution in [0.1, 0.15) is 12.8 Å². The van der Waals surface area contributed by atoms with Crippen molar-refractivity contribution in [2.45, 2.75) is 31.2 Å². The Bertz CT molecular complexity index is 391. The van der Waals surface area contributed by atoms with E-state index in [-0.39, 0.29) is 24.3 Å². The first-order valence-corrected chi connectivity index (χ1v) is 5.30. The Morgan fingerprint density at radius 1 is 1.29 bits per heavy atom. The minimum absolute atomic E-state index is 0.0892. The van der Waals surface area contributed by atoms with Crippen LogP contribution in [0.3, 0.4) is 0 Å². The van der Waals surface area contributed by atoms with E-state index in [2.05, 4.69) is 0 Å². The van der Waals surface area contributed by atoms with Crippen LogP contribution >= 0.6 is 0 Å². The molecule has 17 heavy (non-hydrogen) atoms. The number of halogens is 1. The van der Waals surface area contributed by atoms with Crippen LogP contribution < -0.4 is 10.2 Å². The molecule has 0 aromatic heterocycles. The molecule has 2 rings (SSSR count). The van der Waals surface area contributed by atoms with Gasteiger partial charge in [-0.15, -0.1) is 0 Å². The Kier molecular flexibility index (Phi) is 3.46. The molecule has 0 unspecified atom stereocenters. The molecule has 1 aromatic rings. The maximum atomic E-state index is 13.0. The second-order valence-corrected chi connectivity index (χ2v) is 4.09. The maximum absolute atomic E-state index is 13.0. The first kappa shape index (κ1) is 12.1. The summed E-state index contributed by atoms with van der Waals surface area (Å²) in [6.07, 6.45) is -1.57. The first-order chi connectivity index (χ1) is 8.10. The third kappa shape index (κ3) is 2.66. The molecule has 5 nitrogen and oxygen atoms in total. The number of anilines is 1. The van der Waals surface area contributed by atoms with Crippen LogP contribution in [-0.4, -0.2) is 28.5 Å². The number of nitrogens with one attached hydrogen (secondary N) is 1. The highest BCUT2D eigenvalue weighted by Crippen LogP contribution is 2.30. The van der Waals surface area contributed by atoms with E-state index < -0.39 is 24.1 Å². The molecule has 0 bridgehead atoms. The fourth-order valence-electron chi connectivity index (χ4n) is 1.90. The van der Waals surface area contributed by atoms with E-state index in [0.717, 1.165) is 12.1 Å². The molecule has 1 fully saturated rings. The minimum atomic E-state index is -0.836. The Morgan fingerprint density at radius 2 is 1.94 bits per heavy atom. The quantitative estimate of drug-likeness (QED) is 0.688. The van der Waals surface area contributed by atoms with Crippen molar-refractivity contribution < 1.29 is 19.3 Å². The molecule has 2 atom stereocenters. The Morgan fingerprint density at radius 3 is 2.53 bits per heavy atom. The molecule has 0 aliphatic heterocycles. The van der Waals surface area contributed by atoms with Crippen LogP contribution in [0.5, 0.6) is 5.75 Å². The molecule has 0 radical (unpaired) electrons. The molecule has 6 heteroatoms. The summed E-state index contributed by atoms with van der Waals surface area (Å²) in [6.45, 7) is 0. The first-order valence-electron chi connectivity index (χ1n) is 5.30. The third-order valence-corrected chi connectivity index (χ3v) is 2.80. The van der Waals surface area contributed by atoms with Gasteiger partial charge in [-0.25, -0.2) is 4.39 Å². The molecule has 1 aliphatic rings. The molecule has 0 amide bonds. The van der Waals surface area contributed by atoms with E-state index >= 15 is 0 Å². The summed E-state index contributed by atoms with van der Waals surface area (Å²) in [7, 11) is 0. The fraction of sp³-hybridized carbons (Fsp3) is 0.455. The Labute approximate surface area is 97.4 Å². The summed E-state index contributed by atoms with van der Waals surface area (Å²) in [5.74, 6) is -0.426. The van der Waals surface area contributed by atoms with Gasteiger partial charge >= 0.3 is 0 Å². The average molecular weight is 242 g/mol. The van der Waals surface area contributed by atoms with E-state index in [4.69, 9.17) is 4.74 Å². The van der Waals surface area contributed by atoms with Gasteiger partial charge in [-0.05, 0) is 12.1 Å². The van der Waals surface area contributed by atoms with Gasteiger partial charge in [0.2, 0.25) is 0 Å². The molecule has 94 valence electrons. The zero-order chi connectivity index (χ0) is 12.4. The summed E-state index contributed by atoms with van der Waals surface area (Å²) in [4.78, 5) is 0. The van der Waals surface area contributed by atoms with Gasteiger partial charge in [0.1, 0.15) is 17.7 Å². The van der Waals surface area contributed by atoms with Crippen LogP contribution in [0, 0.1) is 11.0 Å². The molecule has 0 saturated heterocycles. The zero-order valence-electron chi connectivity index (χ0n) is 8.97. The van der Waals surface area contributed by atoms with Crippen molar-refractivity contribution in [1.82, 2.24) is 0 Å². The molecule has 1 saturated carbocycles. The monoisotopic (exact) mass is 242 g/mol. The number of aliphatic hydroxyl groups is 2. The highest BCUT2D eigenvalue weighted by atomic mass is 19.1. The predicted molar refractivity (Wildman–Crippen MR) is 59.1 cm³/mol. The van der Waals surface area contributed by atoms with Crippen molar-refractivity contribution in [1.29, 1.82) is 0 Å². The fourth-order valence-corrected chi connectivity index (χ4v) is 1.90. The largest absolute Gasteiger partial charge is 0.761 e. The summed E-state index contributed by atoms with van der Waals surface area (Å²) < 4.78 is 18.4. The third-order valence-electron chi connectivity index (χ3n) is 2.80. The Hall–Kier alpha value is -1.37. The van der Waals surface area contributed by atoms with Crippen molar-refractivity contribution in [2.24, 2.45) is 0 Å². The van der Waals surface area contributed by atoms with E-state index in [9.17, 15) is 19.8 Å². The topological polar surface area (TPSA) is 84.8 Å². The molecule has 0 heterocycles. The van der Waals surface area contributed by atoms with Gasteiger partial charge in [-0.3, -0.25) is 0 Å². The highest BCUT2D eigenvalue weighted by Gasteiger charge is 2.33. The van der Waals surface area contributed by atoms with E-state index in [1.54, 1.807) is 5.48 Å². The molecule has 3 N–H and O–H groups in total. The normalized spacial score (nSPS) is 24.9. The summed E-state index contributed by atoms with van der Waals surface area (Å²) in [5, 5.41) is 29.3. The molecule has 0 spiro atoms. The number of aliphatic hydroxyl groups excluding tert-OH is 2. The van der Waals surface area contributed by atoms with E-state index in [0.29, 0.717) is 0 Å². The van der Waals surface area contributed by atoms with Gasteiger partial charge in [-0.1, -0.05) is 0 Å². The number of benzene rings is 1. The second kappa shape index (κ2) is 4.87. The Balaban J connectivity index is 2.10. The van der Waals surface area contributed by atoms with Crippen LogP contribution in [-0.2, 0) is 0 Å². The summed E-state index contributed by atoms with van der Waals surface area (Å²) in [6, 6.07) is 3.52. The van der Waals surface area contributed by atoms with Crippen LogP contribution in [0.25, 0.3) is 0 Å². The van der Waals surface area contributed by atoms with E-state index in [1.165, 1.54) is 6.07 Å². The van der Waals surface area contributed by atoms with Crippen molar-refractivity contribution in [3.63, 3.8) is 0 Å². The summed E-state index contributed by atoms with van der Waals surface area (Å²) in [5.41, 5.74) is 1.78. The highest BCUT2D eigenvalue weighted by molar-refractivity contribution is 5.56. The van der Waals surface area contributed by atoms with Crippen LogP contribution in [0.2, 0.25) is 0 Å². The van der Waals surface area contributed by atoms with Gasteiger partial charge in [0, 0.05) is 18.9 Å². The number of hydrogen-bond acceptors (Lipinski definition) is 5. The maximum Gasteiger partial charge on any atom is 0.144 e. The standard InChI is InChI=1S/C11H13FNO4/c12-6-1-2-8(13-16)11(3-6)17-7-4-9(14)10(15)5-7/h1-3,7,9-10,13-15H,4-5H2/q-1/t9-,10-/m1/s1. The average Bonchev–Trinajstić information content (AvgIpc) is 2.58. The lowest BCUT2D eigenvalue weighted by Crippen LogP contribution is -2.17. The molecular formula is C11H13FNO4-. The minimum Gasteiger partial charge on any atom is -0.761 e. The lowest BCUT2D eigenvalue weighted by molar-refractivity contribution is 0.0438. The number of rotatable bonds is 3. The number of ether oxygens (including phenoxy) is 1. The smallest absolute Gasteiger partial charge is 0.144 e. The second-order valence-electron chi connectivity index (χ2n) is 4.09. The van der Waals surface area contributed by atoms with Gasteiger partial charge < -0.3 is 25.6 Å². The van der Waals surface area contributed by atoms with Gasteiger partial charge in [0.25, 0.3) is 0 Å². The lowest BCUT2D eigenvalue weighted by Gasteiger charge is -2.19. The van der Waals surface area contributed by atoms with Crippen molar-refractivity contribution >= 4 is 5.69 Å². The molecular weight excluding hydrogens is 229 g/mol. The predicted octanol–water partition coefficient (Wildman–Crippen LogP) is 0.998. The van der Waals surface area contributed by atoms with Gasteiger partial charge in [0.15, 0.2) is 0 Å². The van der Waals surface area contributed by atoms with Crippen molar-refractivity contribution in [3.05, 3.63) is 29.2 Å².